The lowest BCUT2D eigenvalue weighted by Crippen LogP contribution is -2.37. The van der Waals surface area contributed by atoms with Crippen LogP contribution in [0.2, 0.25) is 0 Å². The van der Waals surface area contributed by atoms with Gasteiger partial charge in [0.25, 0.3) is 0 Å². The summed E-state index contributed by atoms with van der Waals surface area (Å²) >= 11 is 0. The summed E-state index contributed by atoms with van der Waals surface area (Å²) in [6, 6.07) is 0. The predicted octanol–water partition coefficient (Wildman–Crippen LogP) is -1.59. The number of aliphatic hydroxyl groups is 2. The number of hydrogen-bond donors (Lipinski definition) is 3. The van der Waals surface area contributed by atoms with Crippen LogP contribution in [0.5, 0.6) is 0 Å². The molecule has 1 heterocycles. The molecule has 1 aliphatic rings. The van der Waals surface area contributed by atoms with Gasteiger partial charge in [0, 0.05) is 25.6 Å². The van der Waals surface area contributed by atoms with Gasteiger partial charge in [-0.2, -0.15) is 0 Å². The lowest BCUT2D eigenvalue weighted by atomic mass is 10.1. The van der Waals surface area contributed by atoms with E-state index in [9.17, 15) is 15.0 Å². The monoisotopic (exact) mass is 202 g/mol. The molecular formula is C9H18N2O3. The van der Waals surface area contributed by atoms with E-state index in [4.69, 9.17) is 0 Å². The molecule has 1 rings (SSSR count). The van der Waals surface area contributed by atoms with Crippen LogP contribution in [0.15, 0.2) is 0 Å². The van der Waals surface area contributed by atoms with Gasteiger partial charge in [-0.3, -0.25) is 4.79 Å². The maximum Gasteiger partial charge on any atom is 0.226 e. The van der Waals surface area contributed by atoms with Crippen LogP contribution in [-0.2, 0) is 4.79 Å². The van der Waals surface area contributed by atoms with Gasteiger partial charge >= 0.3 is 0 Å². The highest BCUT2D eigenvalue weighted by molar-refractivity contribution is 5.79. The molecule has 82 valence electrons. The highest BCUT2D eigenvalue weighted by Crippen LogP contribution is 2.13. The summed E-state index contributed by atoms with van der Waals surface area (Å²) in [5.41, 5.74) is 0. The van der Waals surface area contributed by atoms with Crippen molar-refractivity contribution < 1.29 is 15.0 Å². The van der Waals surface area contributed by atoms with E-state index in [0.29, 0.717) is 6.54 Å². The molecule has 0 radical (unpaired) electrons. The van der Waals surface area contributed by atoms with Crippen molar-refractivity contribution in [2.45, 2.75) is 19.1 Å². The number of hydrogen-bond acceptors (Lipinski definition) is 4. The third-order valence-electron chi connectivity index (χ3n) is 2.50. The van der Waals surface area contributed by atoms with E-state index in [0.717, 1.165) is 0 Å². The Morgan fingerprint density at radius 2 is 2.00 bits per heavy atom. The molecule has 1 aliphatic heterocycles. The summed E-state index contributed by atoms with van der Waals surface area (Å²) in [5.74, 6) is -0.132. The van der Waals surface area contributed by atoms with Gasteiger partial charge < -0.3 is 20.4 Å². The molecule has 0 bridgehead atoms. The lowest BCUT2D eigenvalue weighted by Gasteiger charge is -2.19. The second-order valence-corrected chi connectivity index (χ2v) is 3.84. The second-order valence-electron chi connectivity index (χ2n) is 3.84. The number of amides is 1. The lowest BCUT2D eigenvalue weighted by molar-refractivity contribution is -0.134. The van der Waals surface area contributed by atoms with Crippen LogP contribution in [0.3, 0.4) is 0 Å². The topological polar surface area (TPSA) is 72.8 Å². The van der Waals surface area contributed by atoms with E-state index in [1.165, 1.54) is 4.90 Å². The van der Waals surface area contributed by atoms with E-state index in [1.807, 2.05) is 6.92 Å². The van der Waals surface area contributed by atoms with Crippen LogP contribution in [0.25, 0.3) is 0 Å². The number of likely N-dealkylation sites (tertiary alicyclic amines) is 1. The van der Waals surface area contributed by atoms with Crippen LogP contribution in [0.4, 0.5) is 0 Å². The molecule has 1 saturated heterocycles. The molecule has 0 saturated carbocycles. The van der Waals surface area contributed by atoms with Crippen molar-refractivity contribution in [3.63, 3.8) is 0 Å². The van der Waals surface area contributed by atoms with Crippen LogP contribution in [0.1, 0.15) is 6.92 Å². The van der Waals surface area contributed by atoms with Crippen molar-refractivity contribution in [3.8, 4) is 0 Å². The average molecular weight is 202 g/mol. The maximum atomic E-state index is 11.7. The Hall–Kier alpha value is -0.650. The quantitative estimate of drug-likeness (QED) is 0.516. The molecule has 0 aromatic rings. The molecule has 3 N–H and O–H groups in total. The summed E-state index contributed by atoms with van der Waals surface area (Å²) in [6.45, 7) is 2.93. The molecule has 0 aromatic carbocycles. The normalized spacial score (nSPS) is 29.3. The Morgan fingerprint density at radius 1 is 1.50 bits per heavy atom. The first-order valence-corrected chi connectivity index (χ1v) is 4.85. The molecule has 1 fully saturated rings. The number of nitrogens with zero attached hydrogens (tertiary/aromatic N) is 1. The van der Waals surface area contributed by atoms with Gasteiger partial charge in [-0.25, -0.2) is 0 Å². The van der Waals surface area contributed by atoms with Gasteiger partial charge in [0.2, 0.25) is 5.91 Å². The number of aliphatic hydroxyl groups excluding tert-OH is 2. The van der Waals surface area contributed by atoms with Crippen molar-refractivity contribution in [1.29, 1.82) is 0 Å². The first-order valence-electron chi connectivity index (χ1n) is 4.85. The van der Waals surface area contributed by atoms with Crippen LogP contribution in [-0.4, -0.2) is 59.9 Å². The molecule has 5 nitrogen and oxygen atoms in total. The van der Waals surface area contributed by atoms with E-state index in [2.05, 4.69) is 5.32 Å². The zero-order valence-corrected chi connectivity index (χ0v) is 8.60. The summed E-state index contributed by atoms with van der Waals surface area (Å²) in [4.78, 5) is 13.2. The third-order valence-corrected chi connectivity index (χ3v) is 2.50. The SMILES string of the molecule is CNCC(C)C(=O)N1C[C@@H](O)[C@@H](O)C1. The Labute approximate surface area is 83.7 Å². The number of rotatable bonds is 3. The number of carbonyl (C=O) groups excluding carboxylic acids is 1. The van der Waals surface area contributed by atoms with E-state index in [1.54, 1.807) is 7.05 Å². The molecule has 0 spiro atoms. The van der Waals surface area contributed by atoms with Gasteiger partial charge in [0.1, 0.15) is 0 Å². The standard InChI is InChI=1S/C9H18N2O3/c1-6(3-10-2)9(14)11-4-7(12)8(13)5-11/h6-8,10,12-13H,3-5H2,1-2H3/t6?,7-,8+. The first kappa shape index (κ1) is 11.4. The summed E-state index contributed by atoms with van der Waals surface area (Å²) in [7, 11) is 1.79. The Kier molecular flexibility index (Phi) is 3.86. The number of β-amino-alcohol motifs (C(OH)–C–C–N with tert-alkyl or cyclic N) is 2. The minimum atomic E-state index is -0.791. The molecule has 14 heavy (non-hydrogen) atoms. The fourth-order valence-corrected chi connectivity index (χ4v) is 1.65. The van der Waals surface area contributed by atoms with Crippen molar-refractivity contribution in [3.05, 3.63) is 0 Å². The van der Waals surface area contributed by atoms with E-state index < -0.39 is 12.2 Å². The highest BCUT2D eigenvalue weighted by Gasteiger charge is 2.33. The third kappa shape index (κ3) is 2.43. The molecule has 0 aliphatic carbocycles. The molecule has 1 amide bonds. The van der Waals surface area contributed by atoms with Gasteiger partial charge in [-0.05, 0) is 7.05 Å². The Bertz CT molecular complexity index is 200. The van der Waals surface area contributed by atoms with Crippen LogP contribution in [0, 0.1) is 5.92 Å². The molecule has 1 unspecified atom stereocenters. The zero-order valence-electron chi connectivity index (χ0n) is 8.60. The molecule has 0 aromatic heterocycles. The van der Waals surface area contributed by atoms with Crippen molar-refractivity contribution in [2.24, 2.45) is 5.92 Å². The van der Waals surface area contributed by atoms with E-state index in [-0.39, 0.29) is 24.9 Å². The van der Waals surface area contributed by atoms with Crippen LogP contribution < -0.4 is 5.32 Å². The average Bonchev–Trinajstić information content (AvgIpc) is 2.46. The van der Waals surface area contributed by atoms with Gasteiger partial charge in [-0.1, -0.05) is 6.92 Å². The number of carbonyl (C=O) groups is 1. The van der Waals surface area contributed by atoms with Crippen molar-refractivity contribution in [1.82, 2.24) is 10.2 Å². The van der Waals surface area contributed by atoms with Gasteiger partial charge in [0.05, 0.1) is 12.2 Å². The highest BCUT2D eigenvalue weighted by atomic mass is 16.3. The summed E-state index contributed by atoms with van der Waals surface area (Å²) in [6.07, 6.45) is -1.58. The van der Waals surface area contributed by atoms with Crippen LogP contribution >= 0.6 is 0 Å². The van der Waals surface area contributed by atoms with Gasteiger partial charge in [-0.15, -0.1) is 0 Å². The fraction of sp³-hybridized carbons (Fsp3) is 0.889. The zero-order chi connectivity index (χ0) is 10.7. The molecule has 3 atom stereocenters. The first-order chi connectivity index (χ1) is 6.56. The fourth-order valence-electron chi connectivity index (χ4n) is 1.65. The largest absolute Gasteiger partial charge is 0.388 e. The summed E-state index contributed by atoms with van der Waals surface area (Å²) in [5, 5.41) is 21.5. The van der Waals surface area contributed by atoms with E-state index >= 15 is 0 Å². The Morgan fingerprint density at radius 3 is 2.43 bits per heavy atom. The smallest absolute Gasteiger partial charge is 0.226 e. The number of nitrogens with one attached hydrogen (secondary N) is 1. The predicted molar refractivity (Wildman–Crippen MR) is 51.7 cm³/mol. The molecule has 5 heteroatoms. The minimum absolute atomic E-state index is 0.0186. The Balaban J connectivity index is 2.46. The second kappa shape index (κ2) is 4.72. The minimum Gasteiger partial charge on any atom is -0.388 e. The molecular weight excluding hydrogens is 184 g/mol. The maximum absolute atomic E-state index is 11.7. The van der Waals surface area contributed by atoms with Crippen molar-refractivity contribution >= 4 is 5.91 Å². The summed E-state index contributed by atoms with van der Waals surface area (Å²) < 4.78 is 0. The van der Waals surface area contributed by atoms with Crippen molar-refractivity contribution in [2.75, 3.05) is 26.7 Å². The van der Waals surface area contributed by atoms with Gasteiger partial charge in [0.15, 0.2) is 0 Å².